The van der Waals surface area contributed by atoms with Crippen molar-refractivity contribution in [3.8, 4) is 0 Å². The van der Waals surface area contributed by atoms with Crippen LogP contribution in [0.2, 0.25) is 0 Å². The summed E-state index contributed by atoms with van der Waals surface area (Å²) in [5, 5.41) is 5.74. The van der Waals surface area contributed by atoms with Crippen molar-refractivity contribution >= 4 is 34.8 Å². The van der Waals surface area contributed by atoms with Crippen LogP contribution in [0.15, 0.2) is 78.9 Å². The summed E-state index contributed by atoms with van der Waals surface area (Å²) in [5.41, 5.74) is 3.62. The second-order valence-corrected chi connectivity index (χ2v) is 7.58. The molecule has 0 bridgehead atoms. The van der Waals surface area contributed by atoms with Crippen LogP contribution in [0.25, 0.3) is 0 Å². The first-order valence-electron chi connectivity index (χ1n) is 10.1. The van der Waals surface area contributed by atoms with Crippen LogP contribution in [0, 0.1) is 12.8 Å². The average Bonchev–Trinajstić information content (AvgIpc) is 3.18. The van der Waals surface area contributed by atoms with Gasteiger partial charge in [0.05, 0.1) is 5.92 Å². The molecule has 1 heterocycles. The Morgan fingerprint density at radius 3 is 2.26 bits per heavy atom. The van der Waals surface area contributed by atoms with Crippen molar-refractivity contribution in [2.75, 3.05) is 22.1 Å². The number of para-hydroxylation sites is 2. The van der Waals surface area contributed by atoms with Gasteiger partial charge in [-0.05, 0) is 55.0 Å². The van der Waals surface area contributed by atoms with Crippen LogP contribution >= 0.6 is 0 Å². The number of aryl methyl sites for hydroxylation is 1. The first-order chi connectivity index (χ1) is 15.0. The van der Waals surface area contributed by atoms with E-state index >= 15 is 0 Å². The van der Waals surface area contributed by atoms with Crippen molar-refractivity contribution in [1.82, 2.24) is 0 Å². The predicted molar refractivity (Wildman–Crippen MR) is 121 cm³/mol. The van der Waals surface area contributed by atoms with Gasteiger partial charge in [-0.3, -0.25) is 14.4 Å². The molecule has 4 rings (SSSR count). The molecule has 6 heteroatoms. The van der Waals surface area contributed by atoms with E-state index in [-0.39, 0.29) is 24.1 Å². The van der Waals surface area contributed by atoms with E-state index in [1.165, 1.54) is 0 Å². The number of carbonyl (C=O) groups is 3. The lowest BCUT2D eigenvalue weighted by Crippen LogP contribution is -2.28. The van der Waals surface area contributed by atoms with Crippen molar-refractivity contribution in [2.24, 2.45) is 5.92 Å². The monoisotopic (exact) mass is 413 g/mol. The molecule has 3 aromatic rings. The standard InChI is InChI=1S/C25H23N3O3/c1-17-7-5-6-10-22(17)27-24(30)18-11-13-20(14-12-18)26-25(31)19-15-23(29)28(16-19)21-8-3-2-4-9-21/h2-14,19H,15-16H2,1H3,(H,26,31)(H,27,30). The number of hydrogen-bond donors (Lipinski definition) is 2. The highest BCUT2D eigenvalue weighted by Crippen LogP contribution is 2.26. The van der Waals surface area contributed by atoms with E-state index in [4.69, 9.17) is 0 Å². The van der Waals surface area contributed by atoms with Gasteiger partial charge >= 0.3 is 0 Å². The molecule has 0 spiro atoms. The highest BCUT2D eigenvalue weighted by molar-refractivity contribution is 6.06. The number of rotatable bonds is 5. The Labute approximate surface area is 180 Å². The number of hydrogen-bond acceptors (Lipinski definition) is 3. The molecule has 1 saturated heterocycles. The third-order valence-corrected chi connectivity index (χ3v) is 5.37. The summed E-state index contributed by atoms with van der Waals surface area (Å²) in [7, 11) is 0. The van der Waals surface area contributed by atoms with Crippen molar-refractivity contribution in [3.63, 3.8) is 0 Å². The lowest BCUT2D eigenvalue weighted by Gasteiger charge is -2.16. The van der Waals surface area contributed by atoms with Gasteiger partial charge in [0, 0.05) is 35.6 Å². The topological polar surface area (TPSA) is 78.5 Å². The number of nitrogens with one attached hydrogen (secondary N) is 2. The van der Waals surface area contributed by atoms with Gasteiger partial charge < -0.3 is 15.5 Å². The fourth-order valence-electron chi connectivity index (χ4n) is 3.60. The molecule has 0 aromatic heterocycles. The maximum absolute atomic E-state index is 12.7. The van der Waals surface area contributed by atoms with Crippen molar-refractivity contribution in [3.05, 3.63) is 90.0 Å². The van der Waals surface area contributed by atoms with E-state index in [0.717, 1.165) is 16.9 Å². The fourth-order valence-corrected chi connectivity index (χ4v) is 3.60. The average molecular weight is 413 g/mol. The van der Waals surface area contributed by atoms with Gasteiger partial charge in [0.15, 0.2) is 0 Å². The van der Waals surface area contributed by atoms with Gasteiger partial charge in [-0.25, -0.2) is 0 Å². The molecule has 1 unspecified atom stereocenters. The van der Waals surface area contributed by atoms with Crippen LogP contribution in [0.3, 0.4) is 0 Å². The van der Waals surface area contributed by atoms with Crippen LogP contribution in [-0.2, 0) is 9.59 Å². The summed E-state index contributed by atoms with van der Waals surface area (Å²) >= 11 is 0. The molecule has 2 N–H and O–H groups in total. The SMILES string of the molecule is Cc1ccccc1NC(=O)c1ccc(NC(=O)C2CC(=O)N(c3ccccc3)C2)cc1. The van der Waals surface area contributed by atoms with E-state index in [2.05, 4.69) is 10.6 Å². The maximum atomic E-state index is 12.7. The molecule has 1 atom stereocenters. The molecule has 156 valence electrons. The number of anilines is 3. The molecular formula is C25H23N3O3. The largest absolute Gasteiger partial charge is 0.326 e. The zero-order valence-electron chi connectivity index (χ0n) is 17.2. The van der Waals surface area contributed by atoms with Crippen molar-refractivity contribution in [1.29, 1.82) is 0 Å². The second-order valence-electron chi connectivity index (χ2n) is 7.58. The Balaban J connectivity index is 1.37. The van der Waals surface area contributed by atoms with Gasteiger partial charge in [0.1, 0.15) is 0 Å². The third-order valence-electron chi connectivity index (χ3n) is 5.37. The molecular weight excluding hydrogens is 390 g/mol. The molecule has 1 fully saturated rings. The lowest BCUT2D eigenvalue weighted by atomic mass is 10.1. The third kappa shape index (κ3) is 4.64. The quantitative estimate of drug-likeness (QED) is 0.657. The van der Waals surface area contributed by atoms with E-state index in [9.17, 15) is 14.4 Å². The van der Waals surface area contributed by atoms with Crippen LogP contribution in [0.4, 0.5) is 17.1 Å². The summed E-state index contributed by atoms with van der Waals surface area (Å²) in [6, 6.07) is 23.6. The molecule has 0 radical (unpaired) electrons. The molecule has 3 amide bonds. The summed E-state index contributed by atoms with van der Waals surface area (Å²) in [4.78, 5) is 39.1. The molecule has 1 aliphatic rings. The van der Waals surface area contributed by atoms with Gasteiger partial charge in [0.2, 0.25) is 11.8 Å². The van der Waals surface area contributed by atoms with Gasteiger partial charge in [-0.2, -0.15) is 0 Å². The first-order valence-corrected chi connectivity index (χ1v) is 10.1. The summed E-state index contributed by atoms with van der Waals surface area (Å²) < 4.78 is 0. The Bertz CT molecular complexity index is 1110. The summed E-state index contributed by atoms with van der Waals surface area (Å²) in [6.45, 7) is 2.28. The fraction of sp³-hybridized carbons (Fsp3) is 0.160. The van der Waals surface area contributed by atoms with Gasteiger partial charge in [0.25, 0.3) is 5.91 Å². The highest BCUT2D eigenvalue weighted by Gasteiger charge is 2.35. The normalized spacial score (nSPS) is 15.6. The van der Waals surface area contributed by atoms with Crippen molar-refractivity contribution < 1.29 is 14.4 Å². The Kier molecular flexibility index (Phi) is 5.80. The number of carbonyl (C=O) groups excluding carboxylic acids is 3. The first kappa shape index (κ1) is 20.3. The highest BCUT2D eigenvalue weighted by atomic mass is 16.2. The van der Waals surface area contributed by atoms with E-state index in [0.29, 0.717) is 17.8 Å². The second kappa shape index (κ2) is 8.83. The Morgan fingerprint density at radius 2 is 1.55 bits per heavy atom. The maximum Gasteiger partial charge on any atom is 0.255 e. The van der Waals surface area contributed by atoms with Crippen LogP contribution in [0.1, 0.15) is 22.3 Å². The minimum Gasteiger partial charge on any atom is -0.326 e. The molecule has 0 saturated carbocycles. The van der Waals surface area contributed by atoms with E-state index < -0.39 is 5.92 Å². The minimum absolute atomic E-state index is 0.0606. The van der Waals surface area contributed by atoms with Crippen LogP contribution in [0.5, 0.6) is 0 Å². The predicted octanol–water partition coefficient (Wildman–Crippen LogP) is 4.24. The molecule has 0 aliphatic carbocycles. The number of nitrogens with zero attached hydrogens (tertiary/aromatic N) is 1. The van der Waals surface area contributed by atoms with Crippen molar-refractivity contribution in [2.45, 2.75) is 13.3 Å². The van der Waals surface area contributed by atoms with Crippen LogP contribution in [-0.4, -0.2) is 24.3 Å². The van der Waals surface area contributed by atoms with Crippen LogP contribution < -0.4 is 15.5 Å². The number of benzene rings is 3. The molecule has 1 aliphatic heterocycles. The summed E-state index contributed by atoms with van der Waals surface area (Å²) in [5.74, 6) is -0.901. The molecule has 3 aromatic carbocycles. The molecule has 6 nitrogen and oxygen atoms in total. The Morgan fingerprint density at radius 1 is 0.871 bits per heavy atom. The number of amides is 3. The van der Waals surface area contributed by atoms with Gasteiger partial charge in [-0.15, -0.1) is 0 Å². The van der Waals surface area contributed by atoms with E-state index in [1.54, 1.807) is 29.2 Å². The minimum atomic E-state index is -0.420. The lowest BCUT2D eigenvalue weighted by molar-refractivity contribution is -0.122. The zero-order chi connectivity index (χ0) is 21.8. The molecule has 31 heavy (non-hydrogen) atoms. The smallest absolute Gasteiger partial charge is 0.255 e. The van der Waals surface area contributed by atoms with E-state index in [1.807, 2.05) is 61.5 Å². The Hall–Kier alpha value is -3.93. The zero-order valence-corrected chi connectivity index (χ0v) is 17.2. The van der Waals surface area contributed by atoms with Gasteiger partial charge in [-0.1, -0.05) is 36.4 Å². The summed E-state index contributed by atoms with van der Waals surface area (Å²) in [6.07, 6.45) is 0.178.